The second-order valence-corrected chi connectivity index (χ2v) is 4.19. The quantitative estimate of drug-likeness (QED) is 0.848. The zero-order chi connectivity index (χ0) is 13.9. The molecular weight excluding hydrogens is 245 g/mol. The first-order valence-corrected chi connectivity index (χ1v) is 5.46. The van der Waals surface area contributed by atoms with E-state index in [1.165, 1.54) is 24.1 Å². The Bertz CT molecular complexity index is 407. The number of methoxy groups -OCH3 is 1. The second-order valence-electron chi connectivity index (χ2n) is 4.19. The van der Waals surface area contributed by atoms with Crippen LogP contribution in [0.25, 0.3) is 0 Å². The van der Waals surface area contributed by atoms with Gasteiger partial charge in [-0.25, -0.2) is 0 Å². The molecule has 0 spiro atoms. The van der Waals surface area contributed by atoms with Gasteiger partial charge in [0.25, 0.3) is 0 Å². The molecule has 102 valence electrons. The lowest BCUT2D eigenvalue weighted by Crippen LogP contribution is -2.34. The SMILES string of the molecule is COCC(C)N(C)c1ccc(N)cc1C(F)(F)F. The van der Waals surface area contributed by atoms with Gasteiger partial charge in [-0.05, 0) is 25.1 Å². The highest BCUT2D eigenvalue weighted by atomic mass is 19.4. The summed E-state index contributed by atoms with van der Waals surface area (Å²) in [5.74, 6) is 0. The summed E-state index contributed by atoms with van der Waals surface area (Å²) in [6.45, 7) is 2.14. The number of halogens is 3. The summed E-state index contributed by atoms with van der Waals surface area (Å²) in [6.07, 6.45) is -4.42. The maximum Gasteiger partial charge on any atom is 0.418 e. The summed E-state index contributed by atoms with van der Waals surface area (Å²) >= 11 is 0. The average molecular weight is 262 g/mol. The van der Waals surface area contributed by atoms with E-state index in [-0.39, 0.29) is 17.4 Å². The van der Waals surface area contributed by atoms with Gasteiger partial charge in [0.15, 0.2) is 0 Å². The third-order valence-electron chi connectivity index (χ3n) is 2.78. The van der Waals surface area contributed by atoms with Crippen LogP contribution in [0.3, 0.4) is 0 Å². The first kappa shape index (κ1) is 14.6. The van der Waals surface area contributed by atoms with Crippen molar-refractivity contribution < 1.29 is 17.9 Å². The smallest absolute Gasteiger partial charge is 0.399 e. The summed E-state index contributed by atoms with van der Waals surface area (Å²) in [7, 11) is 3.11. The third kappa shape index (κ3) is 3.29. The van der Waals surface area contributed by atoms with E-state index in [1.807, 2.05) is 0 Å². The molecular formula is C12H17F3N2O. The van der Waals surface area contributed by atoms with Crippen molar-refractivity contribution in [3.63, 3.8) is 0 Å². The number of hydrogen-bond donors (Lipinski definition) is 1. The molecule has 1 rings (SSSR count). The number of nitrogens with zero attached hydrogens (tertiary/aromatic N) is 1. The van der Waals surface area contributed by atoms with Crippen LogP contribution in [-0.2, 0) is 10.9 Å². The molecule has 0 aromatic heterocycles. The van der Waals surface area contributed by atoms with Gasteiger partial charge in [-0.3, -0.25) is 0 Å². The summed E-state index contributed by atoms with van der Waals surface area (Å²) in [5.41, 5.74) is 4.88. The van der Waals surface area contributed by atoms with Crippen LogP contribution in [0.2, 0.25) is 0 Å². The number of ether oxygens (including phenoxy) is 1. The molecule has 0 bridgehead atoms. The van der Waals surface area contributed by atoms with Gasteiger partial charge in [0.2, 0.25) is 0 Å². The zero-order valence-corrected chi connectivity index (χ0v) is 10.6. The molecule has 1 aromatic carbocycles. The number of rotatable bonds is 4. The van der Waals surface area contributed by atoms with Crippen molar-refractivity contribution in [3.05, 3.63) is 23.8 Å². The molecule has 1 aromatic rings. The number of anilines is 2. The van der Waals surface area contributed by atoms with E-state index in [0.717, 1.165) is 6.07 Å². The number of alkyl halides is 3. The topological polar surface area (TPSA) is 38.5 Å². The van der Waals surface area contributed by atoms with Crippen molar-refractivity contribution in [1.82, 2.24) is 0 Å². The van der Waals surface area contributed by atoms with Crippen LogP contribution >= 0.6 is 0 Å². The minimum atomic E-state index is -4.42. The molecule has 18 heavy (non-hydrogen) atoms. The van der Waals surface area contributed by atoms with Crippen molar-refractivity contribution >= 4 is 11.4 Å². The number of nitrogens with two attached hydrogens (primary N) is 1. The highest BCUT2D eigenvalue weighted by molar-refractivity contribution is 5.61. The molecule has 0 radical (unpaired) electrons. The molecule has 3 nitrogen and oxygen atoms in total. The molecule has 2 N–H and O–H groups in total. The molecule has 0 saturated heterocycles. The molecule has 6 heteroatoms. The highest BCUT2D eigenvalue weighted by Gasteiger charge is 2.35. The molecule has 0 aliphatic rings. The molecule has 0 aliphatic carbocycles. The van der Waals surface area contributed by atoms with Gasteiger partial charge >= 0.3 is 6.18 Å². The van der Waals surface area contributed by atoms with Gasteiger partial charge in [-0.2, -0.15) is 13.2 Å². The van der Waals surface area contributed by atoms with Gasteiger partial charge in [0, 0.05) is 31.6 Å². The fraction of sp³-hybridized carbons (Fsp3) is 0.500. The summed E-state index contributed by atoms with van der Waals surface area (Å²) < 4.78 is 43.7. The van der Waals surface area contributed by atoms with Crippen molar-refractivity contribution in [1.29, 1.82) is 0 Å². The van der Waals surface area contributed by atoms with Crippen LogP contribution < -0.4 is 10.6 Å². The Hall–Kier alpha value is -1.43. The number of nitrogen functional groups attached to an aromatic ring is 1. The van der Waals surface area contributed by atoms with Gasteiger partial charge < -0.3 is 15.4 Å². The fourth-order valence-electron chi connectivity index (χ4n) is 1.68. The van der Waals surface area contributed by atoms with E-state index in [0.29, 0.717) is 6.61 Å². The van der Waals surface area contributed by atoms with E-state index < -0.39 is 11.7 Å². The largest absolute Gasteiger partial charge is 0.418 e. The minimum Gasteiger partial charge on any atom is -0.399 e. The summed E-state index contributed by atoms with van der Waals surface area (Å²) in [6, 6.07) is 3.62. The molecule has 0 aliphatic heterocycles. The number of benzene rings is 1. The van der Waals surface area contributed by atoms with Crippen molar-refractivity contribution in [2.24, 2.45) is 0 Å². The van der Waals surface area contributed by atoms with Gasteiger partial charge in [0.1, 0.15) is 0 Å². The van der Waals surface area contributed by atoms with Crippen LogP contribution in [-0.4, -0.2) is 26.8 Å². The normalized spacial score (nSPS) is 13.4. The third-order valence-corrected chi connectivity index (χ3v) is 2.78. The Morgan fingerprint density at radius 1 is 1.39 bits per heavy atom. The van der Waals surface area contributed by atoms with Crippen LogP contribution in [0.1, 0.15) is 12.5 Å². The number of hydrogen-bond acceptors (Lipinski definition) is 3. The second kappa shape index (κ2) is 5.48. The van der Waals surface area contributed by atoms with Crippen molar-refractivity contribution in [3.8, 4) is 0 Å². The highest BCUT2D eigenvalue weighted by Crippen LogP contribution is 2.37. The Kier molecular flexibility index (Phi) is 4.45. The van der Waals surface area contributed by atoms with Gasteiger partial charge in [-0.15, -0.1) is 0 Å². The number of likely N-dealkylation sites (N-methyl/N-ethyl adjacent to an activating group) is 1. The van der Waals surface area contributed by atoms with Crippen LogP contribution in [0.4, 0.5) is 24.5 Å². The van der Waals surface area contributed by atoms with E-state index in [4.69, 9.17) is 10.5 Å². The Balaban J connectivity index is 3.15. The Morgan fingerprint density at radius 3 is 2.50 bits per heavy atom. The standard InChI is InChI=1S/C12H17F3N2O/c1-8(7-18-3)17(2)11-5-4-9(16)6-10(11)12(13,14)15/h4-6,8H,7,16H2,1-3H3. The Morgan fingerprint density at radius 2 is 2.00 bits per heavy atom. The Labute approximate surface area is 104 Å². The lowest BCUT2D eigenvalue weighted by molar-refractivity contribution is -0.137. The van der Waals surface area contributed by atoms with E-state index in [1.54, 1.807) is 14.0 Å². The first-order chi connectivity index (χ1) is 8.27. The van der Waals surface area contributed by atoms with E-state index in [2.05, 4.69) is 0 Å². The van der Waals surface area contributed by atoms with E-state index >= 15 is 0 Å². The summed E-state index contributed by atoms with van der Waals surface area (Å²) in [5, 5.41) is 0. The van der Waals surface area contributed by atoms with Crippen LogP contribution in [0.5, 0.6) is 0 Å². The monoisotopic (exact) mass is 262 g/mol. The molecule has 0 amide bonds. The lowest BCUT2D eigenvalue weighted by Gasteiger charge is -2.29. The first-order valence-electron chi connectivity index (χ1n) is 5.46. The van der Waals surface area contributed by atoms with Crippen molar-refractivity contribution in [2.45, 2.75) is 19.1 Å². The maximum atomic E-state index is 12.9. The maximum absolute atomic E-state index is 12.9. The predicted octanol–water partition coefficient (Wildman–Crippen LogP) is 2.76. The molecule has 1 unspecified atom stereocenters. The van der Waals surface area contributed by atoms with E-state index in [9.17, 15) is 13.2 Å². The molecule has 0 fully saturated rings. The fourth-order valence-corrected chi connectivity index (χ4v) is 1.68. The molecule has 0 saturated carbocycles. The van der Waals surface area contributed by atoms with Crippen LogP contribution in [0.15, 0.2) is 18.2 Å². The van der Waals surface area contributed by atoms with Crippen LogP contribution in [0, 0.1) is 0 Å². The van der Waals surface area contributed by atoms with Crippen molar-refractivity contribution in [2.75, 3.05) is 31.4 Å². The van der Waals surface area contributed by atoms with Gasteiger partial charge in [0.05, 0.1) is 12.2 Å². The zero-order valence-electron chi connectivity index (χ0n) is 10.6. The molecule has 0 heterocycles. The molecule has 1 atom stereocenters. The predicted molar refractivity (Wildman–Crippen MR) is 65.6 cm³/mol. The average Bonchev–Trinajstić information content (AvgIpc) is 2.27. The summed E-state index contributed by atoms with van der Waals surface area (Å²) in [4.78, 5) is 1.53. The van der Waals surface area contributed by atoms with Gasteiger partial charge in [-0.1, -0.05) is 0 Å². The lowest BCUT2D eigenvalue weighted by atomic mass is 10.1. The minimum absolute atomic E-state index is 0.0962.